The molecule has 1 aromatic heterocycles. The van der Waals surface area contributed by atoms with Gasteiger partial charge in [-0.05, 0) is 25.0 Å². The van der Waals surface area contributed by atoms with Crippen LogP contribution < -0.4 is 5.73 Å². The number of thiazole rings is 1. The van der Waals surface area contributed by atoms with Crippen LogP contribution in [0.15, 0.2) is 60.7 Å². The van der Waals surface area contributed by atoms with Gasteiger partial charge in [0.2, 0.25) is 0 Å². The molecule has 0 spiro atoms. The molecule has 0 aliphatic carbocycles. The lowest BCUT2D eigenvalue weighted by atomic mass is 10.1. The number of carbonyl (C=O) groups excluding carboxylic acids is 1. The van der Waals surface area contributed by atoms with Crippen molar-refractivity contribution >= 4 is 17.2 Å². The molecular weight excluding hydrogens is 342 g/mol. The second kappa shape index (κ2) is 8.25. The second-order valence-corrected chi connectivity index (χ2v) is 7.48. The minimum Gasteiger partial charge on any atom is -0.329 e. The average molecular weight is 366 g/mol. The van der Waals surface area contributed by atoms with E-state index in [1.165, 1.54) is 0 Å². The number of nitrogens with zero attached hydrogens (tertiary/aromatic N) is 2. The summed E-state index contributed by atoms with van der Waals surface area (Å²) in [7, 11) is 0. The van der Waals surface area contributed by atoms with Gasteiger partial charge in [0.05, 0.1) is 9.88 Å². The lowest BCUT2D eigenvalue weighted by molar-refractivity contribution is 0.0677. The lowest BCUT2D eigenvalue weighted by Gasteiger charge is -2.28. The highest BCUT2D eigenvalue weighted by Crippen LogP contribution is 2.31. The molecule has 1 atom stereocenters. The van der Waals surface area contributed by atoms with Gasteiger partial charge in [-0.25, -0.2) is 4.98 Å². The minimum atomic E-state index is -0.0756. The van der Waals surface area contributed by atoms with Crippen molar-refractivity contribution in [1.29, 1.82) is 0 Å². The topological polar surface area (TPSA) is 59.2 Å². The predicted molar refractivity (Wildman–Crippen MR) is 107 cm³/mol. The Balaban J connectivity index is 1.97. The van der Waals surface area contributed by atoms with E-state index in [4.69, 9.17) is 5.73 Å². The molecule has 0 aliphatic heterocycles. The van der Waals surface area contributed by atoms with E-state index in [0.717, 1.165) is 21.0 Å². The smallest absolute Gasteiger partial charge is 0.274 e. The van der Waals surface area contributed by atoms with Crippen LogP contribution in [-0.4, -0.2) is 28.4 Å². The van der Waals surface area contributed by atoms with Crippen LogP contribution in [0, 0.1) is 6.92 Å². The summed E-state index contributed by atoms with van der Waals surface area (Å²) in [6, 6.07) is 19.8. The molecule has 0 bridgehead atoms. The SMILES string of the molecule is Cc1nc(C(=O)N(Cc2ccccc2)C(C)CN)c(-c2ccccc2)s1. The van der Waals surface area contributed by atoms with E-state index in [2.05, 4.69) is 4.98 Å². The normalized spacial score (nSPS) is 12.0. The molecular formula is C21H23N3OS. The Morgan fingerprint density at radius 2 is 1.73 bits per heavy atom. The quantitative estimate of drug-likeness (QED) is 0.715. The number of aryl methyl sites for hydroxylation is 1. The number of benzene rings is 2. The van der Waals surface area contributed by atoms with Crippen LogP contribution in [0.25, 0.3) is 10.4 Å². The van der Waals surface area contributed by atoms with E-state index in [9.17, 15) is 4.79 Å². The van der Waals surface area contributed by atoms with Gasteiger partial charge in [-0.15, -0.1) is 11.3 Å². The van der Waals surface area contributed by atoms with Gasteiger partial charge in [0.25, 0.3) is 5.91 Å². The van der Waals surface area contributed by atoms with Gasteiger partial charge < -0.3 is 10.6 Å². The number of hydrogen-bond donors (Lipinski definition) is 1. The maximum absolute atomic E-state index is 13.4. The molecule has 5 heteroatoms. The van der Waals surface area contributed by atoms with Crippen molar-refractivity contribution in [3.05, 3.63) is 76.9 Å². The van der Waals surface area contributed by atoms with Crippen molar-refractivity contribution in [3.63, 3.8) is 0 Å². The maximum atomic E-state index is 13.4. The molecule has 26 heavy (non-hydrogen) atoms. The van der Waals surface area contributed by atoms with Gasteiger partial charge in [-0.3, -0.25) is 4.79 Å². The molecule has 1 amide bonds. The van der Waals surface area contributed by atoms with Crippen LogP contribution in [0.3, 0.4) is 0 Å². The molecule has 1 heterocycles. The summed E-state index contributed by atoms with van der Waals surface area (Å²) in [5.41, 5.74) is 8.49. The van der Waals surface area contributed by atoms with Crippen LogP contribution in [-0.2, 0) is 6.54 Å². The van der Waals surface area contributed by atoms with Crippen molar-refractivity contribution in [1.82, 2.24) is 9.88 Å². The van der Waals surface area contributed by atoms with E-state index in [0.29, 0.717) is 18.8 Å². The Bertz CT molecular complexity index is 861. The van der Waals surface area contributed by atoms with Crippen molar-refractivity contribution in [2.45, 2.75) is 26.4 Å². The van der Waals surface area contributed by atoms with Crippen LogP contribution in [0.1, 0.15) is 28.0 Å². The first kappa shape index (κ1) is 18.3. The van der Waals surface area contributed by atoms with E-state index < -0.39 is 0 Å². The Morgan fingerprint density at radius 3 is 2.35 bits per heavy atom. The zero-order valence-corrected chi connectivity index (χ0v) is 15.9. The van der Waals surface area contributed by atoms with Crippen LogP contribution in [0.5, 0.6) is 0 Å². The van der Waals surface area contributed by atoms with Gasteiger partial charge in [-0.1, -0.05) is 60.7 Å². The van der Waals surface area contributed by atoms with Crippen molar-refractivity contribution in [2.75, 3.05) is 6.54 Å². The Hall–Kier alpha value is -2.50. The number of aromatic nitrogens is 1. The van der Waals surface area contributed by atoms with Crippen molar-refractivity contribution in [3.8, 4) is 10.4 Å². The predicted octanol–water partition coefficient (Wildman–Crippen LogP) is 4.11. The van der Waals surface area contributed by atoms with E-state index in [1.54, 1.807) is 11.3 Å². The lowest BCUT2D eigenvalue weighted by Crippen LogP contribution is -2.42. The van der Waals surface area contributed by atoms with E-state index in [-0.39, 0.29) is 11.9 Å². The summed E-state index contributed by atoms with van der Waals surface area (Å²) >= 11 is 1.55. The fraction of sp³-hybridized carbons (Fsp3) is 0.238. The molecule has 0 fully saturated rings. The zero-order valence-electron chi connectivity index (χ0n) is 15.1. The van der Waals surface area contributed by atoms with Crippen molar-refractivity contribution < 1.29 is 4.79 Å². The Kier molecular flexibility index (Phi) is 5.81. The molecule has 0 saturated carbocycles. The molecule has 3 aromatic rings. The molecule has 0 saturated heterocycles. The number of carbonyl (C=O) groups is 1. The highest BCUT2D eigenvalue weighted by Gasteiger charge is 2.26. The summed E-state index contributed by atoms with van der Waals surface area (Å²) in [6.07, 6.45) is 0. The standard InChI is InChI=1S/C21H23N3OS/c1-15(13-22)24(14-17-9-5-3-6-10-17)21(25)19-20(26-16(2)23-19)18-11-7-4-8-12-18/h3-12,15H,13-14,22H2,1-2H3. The van der Waals surface area contributed by atoms with Crippen LogP contribution in [0.2, 0.25) is 0 Å². The first-order valence-electron chi connectivity index (χ1n) is 8.68. The maximum Gasteiger partial charge on any atom is 0.274 e. The van der Waals surface area contributed by atoms with Gasteiger partial charge in [0, 0.05) is 19.1 Å². The van der Waals surface area contributed by atoms with E-state index >= 15 is 0 Å². The molecule has 1 unspecified atom stereocenters. The third-order valence-corrected chi connectivity index (χ3v) is 5.32. The molecule has 0 radical (unpaired) electrons. The Labute approximate surface area is 158 Å². The largest absolute Gasteiger partial charge is 0.329 e. The van der Waals surface area contributed by atoms with Crippen LogP contribution in [0.4, 0.5) is 0 Å². The monoisotopic (exact) mass is 365 g/mol. The average Bonchev–Trinajstić information content (AvgIpc) is 3.08. The summed E-state index contributed by atoms with van der Waals surface area (Å²) in [6.45, 7) is 4.83. The number of nitrogens with two attached hydrogens (primary N) is 1. The number of hydrogen-bond acceptors (Lipinski definition) is 4. The van der Waals surface area contributed by atoms with Gasteiger partial charge >= 0.3 is 0 Å². The van der Waals surface area contributed by atoms with Gasteiger partial charge in [-0.2, -0.15) is 0 Å². The highest BCUT2D eigenvalue weighted by atomic mass is 32.1. The minimum absolute atomic E-state index is 0.0741. The molecule has 3 rings (SSSR count). The molecule has 134 valence electrons. The molecule has 4 nitrogen and oxygen atoms in total. The van der Waals surface area contributed by atoms with Crippen LogP contribution >= 0.6 is 11.3 Å². The third-order valence-electron chi connectivity index (χ3n) is 4.30. The zero-order chi connectivity index (χ0) is 18.5. The number of rotatable bonds is 6. The van der Waals surface area contributed by atoms with Gasteiger partial charge in [0.1, 0.15) is 5.69 Å². The van der Waals surface area contributed by atoms with E-state index in [1.807, 2.05) is 79.4 Å². The molecule has 2 N–H and O–H groups in total. The fourth-order valence-corrected chi connectivity index (χ4v) is 3.74. The molecule has 2 aromatic carbocycles. The van der Waals surface area contributed by atoms with Crippen molar-refractivity contribution in [2.24, 2.45) is 5.73 Å². The second-order valence-electron chi connectivity index (χ2n) is 6.28. The first-order chi connectivity index (χ1) is 12.6. The first-order valence-corrected chi connectivity index (χ1v) is 9.49. The summed E-state index contributed by atoms with van der Waals surface area (Å²) in [5.74, 6) is -0.0741. The Morgan fingerprint density at radius 1 is 1.12 bits per heavy atom. The molecule has 0 aliphatic rings. The highest BCUT2D eigenvalue weighted by molar-refractivity contribution is 7.15. The summed E-state index contributed by atoms with van der Waals surface area (Å²) in [4.78, 5) is 20.7. The number of amides is 1. The third kappa shape index (κ3) is 4.00. The summed E-state index contributed by atoms with van der Waals surface area (Å²) in [5, 5.41) is 0.882. The van der Waals surface area contributed by atoms with Gasteiger partial charge in [0.15, 0.2) is 0 Å². The fourth-order valence-electron chi connectivity index (χ4n) is 2.83. The summed E-state index contributed by atoms with van der Waals surface area (Å²) < 4.78 is 0.